The molecule has 5 nitrogen and oxygen atoms in total. The van der Waals surface area contributed by atoms with Crippen molar-refractivity contribution in [2.45, 2.75) is 0 Å². The molecule has 1 aromatic carbocycles. The lowest BCUT2D eigenvalue weighted by atomic mass is 10.2. The molecule has 5 heteroatoms. The van der Waals surface area contributed by atoms with Crippen molar-refractivity contribution < 1.29 is 19.7 Å². The van der Waals surface area contributed by atoms with Crippen LogP contribution in [0.5, 0.6) is 11.6 Å². The SMILES string of the molecule is O=C(O)Oc1cc2cccc(O)c2[nH]1. The standard InChI is InChI=1S/C9H7NO4/c11-6-3-1-2-5-4-7(10-8(5)6)14-9(12)13/h1-4,10-11H,(H,12,13). The average Bonchev–Trinajstić information content (AvgIpc) is 2.47. The maximum absolute atomic E-state index is 10.2. The van der Waals surface area contributed by atoms with E-state index >= 15 is 0 Å². The number of benzene rings is 1. The molecule has 14 heavy (non-hydrogen) atoms. The molecule has 0 aliphatic carbocycles. The third-order valence-corrected chi connectivity index (χ3v) is 1.81. The molecule has 0 radical (unpaired) electrons. The van der Waals surface area contributed by atoms with Gasteiger partial charge in [0.1, 0.15) is 5.75 Å². The number of phenolic OH excluding ortho intramolecular Hbond substituents is 1. The quantitative estimate of drug-likeness (QED) is 0.604. The number of aromatic amines is 1. The average molecular weight is 193 g/mol. The van der Waals surface area contributed by atoms with Gasteiger partial charge in [-0.1, -0.05) is 12.1 Å². The molecule has 0 amide bonds. The number of hydrogen-bond donors (Lipinski definition) is 3. The zero-order valence-corrected chi connectivity index (χ0v) is 7.02. The van der Waals surface area contributed by atoms with Crippen molar-refractivity contribution in [3.8, 4) is 11.6 Å². The van der Waals surface area contributed by atoms with Crippen molar-refractivity contribution >= 4 is 17.1 Å². The Morgan fingerprint density at radius 3 is 2.86 bits per heavy atom. The predicted octanol–water partition coefficient (Wildman–Crippen LogP) is 1.93. The number of ether oxygens (including phenoxy) is 1. The van der Waals surface area contributed by atoms with Crippen molar-refractivity contribution in [2.24, 2.45) is 0 Å². The third kappa shape index (κ3) is 1.35. The Balaban J connectivity index is 2.51. The summed E-state index contributed by atoms with van der Waals surface area (Å²) in [4.78, 5) is 12.9. The highest BCUT2D eigenvalue weighted by Gasteiger charge is 2.07. The number of H-pyrrole nitrogens is 1. The first-order valence-corrected chi connectivity index (χ1v) is 3.88. The summed E-state index contributed by atoms with van der Waals surface area (Å²) in [6.07, 6.45) is -1.39. The third-order valence-electron chi connectivity index (χ3n) is 1.81. The van der Waals surface area contributed by atoms with Gasteiger partial charge in [0.15, 0.2) is 0 Å². The summed E-state index contributed by atoms with van der Waals surface area (Å²) in [5.74, 6) is 0.150. The molecule has 0 saturated carbocycles. The number of nitrogens with one attached hydrogen (secondary N) is 1. The number of rotatable bonds is 1. The molecule has 0 bridgehead atoms. The molecule has 1 heterocycles. The summed E-state index contributed by atoms with van der Waals surface area (Å²) >= 11 is 0. The molecular formula is C9H7NO4. The first-order chi connectivity index (χ1) is 6.66. The fraction of sp³-hybridized carbons (Fsp3) is 0. The molecule has 2 aromatic rings. The number of phenols is 1. The minimum absolute atomic E-state index is 0.0581. The van der Waals surface area contributed by atoms with E-state index in [9.17, 15) is 9.90 Å². The topological polar surface area (TPSA) is 82.6 Å². The van der Waals surface area contributed by atoms with Crippen LogP contribution in [0.2, 0.25) is 0 Å². The minimum atomic E-state index is -1.39. The van der Waals surface area contributed by atoms with Crippen LogP contribution in [-0.4, -0.2) is 21.4 Å². The maximum atomic E-state index is 10.2. The van der Waals surface area contributed by atoms with Gasteiger partial charge in [-0.2, -0.15) is 0 Å². The number of aromatic hydroxyl groups is 1. The summed E-state index contributed by atoms with van der Waals surface area (Å²) < 4.78 is 4.40. The first-order valence-electron chi connectivity index (χ1n) is 3.88. The van der Waals surface area contributed by atoms with Gasteiger partial charge in [0.25, 0.3) is 0 Å². The van der Waals surface area contributed by atoms with Crippen LogP contribution >= 0.6 is 0 Å². The molecule has 0 aliphatic heterocycles. The number of fused-ring (bicyclic) bond motifs is 1. The molecule has 2 rings (SSSR count). The number of hydrogen-bond acceptors (Lipinski definition) is 3. The normalized spacial score (nSPS) is 10.3. The van der Waals surface area contributed by atoms with Gasteiger partial charge in [-0.3, -0.25) is 0 Å². The van der Waals surface area contributed by atoms with Gasteiger partial charge >= 0.3 is 6.16 Å². The van der Waals surface area contributed by atoms with Gasteiger partial charge < -0.3 is 19.9 Å². The van der Waals surface area contributed by atoms with Crippen molar-refractivity contribution in [3.63, 3.8) is 0 Å². The zero-order valence-electron chi connectivity index (χ0n) is 7.02. The Morgan fingerprint density at radius 1 is 1.43 bits per heavy atom. The van der Waals surface area contributed by atoms with E-state index in [4.69, 9.17) is 5.11 Å². The van der Waals surface area contributed by atoms with E-state index in [1.165, 1.54) is 12.1 Å². The van der Waals surface area contributed by atoms with Crippen LogP contribution in [0, 0.1) is 0 Å². The molecule has 1 aromatic heterocycles. The van der Waals surface area contributed by atoms with Crippen molar-refractivity contribution in [1.82, 2.24) is 4.98 Å². The van der Waals surface area contributed by atoms with Crippen LogP contribution in [0.25, 0.3) is 10.9 Å². The van der Waals surface area contributed by atoms with Crippen LogP contribution < -0.4 is 4.74 Å². The van der Waals surface area contributed by atoms with Gasteiger partial charge in [-0.05, 0) is 6.07 Å². The van der Waals surface area contributed by atoms with E-state index in [-0.39, 0.29) is 11.6 Å². The monoisotopic (exact) mass is 193 g/mol. The van der Waals surface area contributed by atoms with Crippen molar-refractivity contribution in [2.75, 3.05) is 0 Å². The summed E-state index contributed by atoms with van der Waals surface area (Å²) in [7, 11) is 0. The van der Waals surface area contributed by atoms with E-state index in [1.807, 2.05) is 0 Å². The zero-order chi connectivity index (χ0) is 10.1. The van der Waals surface area contributed by atoms with E-state index in [2.05, 4.69) is 9.72 Å². The predicted molar refractivity (Wildman–Crippen MR) is 48.6 cm³/mol. The molecule has 72 valence electrons. The number of carbonyl (C=O) groups is 1. The number of carboxylic acid groups (broad SMARTS) is 1. The Bertz CT molecular complexity index is 489. The molecule has 0 unspecified atom stereocenters. The lowest BCUT2D eigenvalue weighted by molar-refractivity contribution is 0.143. The minimum Gasteiger partial charge on any atom is -0.506 e. The van der Waals surface area contributed by atoms with Crippen LogP contribution in [0.4, 0.5) is 4.79 Å². The molecule has 0 atom stereocenters. The molecule has 0 spiro atoms. The second kappa shape index (κ2) is 2.95. The van der Waals surface area contributed by atoms with Gasteiger partial charge in [0, 0.05) is 11.5 Å². The maximum Gasteiger partial charge on any atom is 0.512 e. The highest BCUT2D eigenvalue weighted by atomic mass is 16.7. The Hall–Kier alpha value is -2.17. The molecular weight excluding hydrogens is 186 g/mol. The van der Waals surface area contributed by atoms with E-state index in [0.717, 1.165) is 0 Å². The molecule has 0 saturated heterocycles. The van der Waals surface area contributed by atoms with Crippen LogP contribution in [0.3, 0.4) is 0 Å². The Kier molecular flexibility index (Phi) is 1.78. The first kappa shape index (κ1) is 8.43. The Labute approximate surface area is 78.6 Å². The second-order valence-corrected chi connectivity index (χ2v) is 2.74. The second-order valence-electron chi connectivity index (χ2n) is 2.74. The van der Waals surface area contributed by atoms with Gasteiger partial charge in [0.05, 0.1) is 5.52 Å². The van der Waals surface area contributed by atoms with Gasteiger partial charge in [-0.15, -0.1) is 0 Å². The fourth-order valence-electron chi connectivity index (χ4n) is 1.26. The summed E-state index contributed by atoms with van der Waals surface area (Å²) in [6, 6.07) is 6.41. The van der Waals surface area contributed by atoms with Crippen LogP contribution in [0.15, 0.2) is 24.3 Å². The molecule has 3 N–H and O–H groups in total. The van der Waals surface area contributed by atoms with Gasteiger partial charge in [-0.25, -0.2) is 4.79 Å². The van der Waals surface area contributed by atoms with E-state index < -0.39 is 6.16 Å². The summed E-state index contributed by atoms with van der Waals surface area (Å²) in [5, 5.41) is 18.4. The number of para-hydroxylation sites is 1. The van der Waals surface area contributed by atoms with Gasteiger partial charge in [0.2, 0.25) is 5.88 Å². The largest absolute Gasteiger partial charge is 0.512 e. The van der Waals surface area contributed by atoms with E-state index in [0.29, 0.717) is 10.9 Å². The summed E-state index contributed by atoms with van der Waals surface area (Å²) in [5.41, 5.74) is 0.462. The highest BCUT2D eigenvalue weighted by Crippen LogP contribution is 2.27. The van der Waals surface area contributed by atoms with Crippen LogP contribution in [-0.2, 0) is 0 Å². The smallest absolute Gasteiger partial charge is 0.506 e. The molecule has 0 aliphatic rings. The van der Waals surface area contributed by atoms with Crippen LogP contribution in [0.1, 0.15) is 0 Å². The van der Waals surface area contributed by atoms with E-state index in [1.54, 1.807) is 12.1 Å². The summed E-state index contributed by atoms with van der Waals surface area (Å²) in [6.45, 7) is 0. The molecule has 0 fully saturated rings. The van der Waals surface area contributed by atoms with Crippen molar-refractivity contribution in [1.29, 1.82) is 0 Å². The lowest BCUT2D eigenvalue weighted by Crippen LogP contribution is -2.02. The fourth-order valence-corrected chi connectivity index (χ4v) is 1.26. The Morgan fingerprint density at radius 2 is 2.21 bits per heavy atom. The lowest BCUT2D eigenvalue weighted by Gasteiger charge is -1.93. The van der Waals surface area contributed by atoms with Crippen molar-refractivity contribution in [3.05, 3.63) is 24.3 Å². The number of aromatic nitrogens is 1. The highest BCUT2D eigenvalue weighted by molar-refractivity contribution is 5.87.